The zero-order valence-corrected chi connectivity index (χ0v) is 8.45. The van der Waals surface area contributed by atoms with Crippen LogP contribution in [-0.4, -0.2) is 18.1 Å². The van der Waals surface area contributed by atoms with Gasteiger partial charge in [0.15, 0.2) is 0 Å². The Labute approximate surface area is 87.6 Å². The molecule has 70 valence electrons. The highest BCUT2D eigenvalue weighted by Gasteiger charge is 2.35. The molecule has 0 radical (unpaired) electrons. The van der Waals surface area contributed by atoms with Crippen LogP contribution in [0.25, 0.3) is 0 Å². The van der Waals surface area contributed by atoms with Crippen LogP contribution in [0.5, 0.6) is 0 Å². The van der Waals surface area contributed by atoms with Gasteiger partial charge in [0.2, 0.25) is 6.41 Å². The fourth-order valence-corrected chi connectivity index (χ4v) is 1.70. The Morgan fingerprint density at radius 2 is 2.00 bits per heavy atom. The predicted octanol–water partition coefficient (Wildman–Crippen LogP) is 1.13. The largest absolute Gasteiger partial charge is 0.306 e. The maximum atomic E-state index is 11.3. The molecule has 4 nitrogen and oxygen atoms in total. The summed E-state index contributed by atoms with van der Waals surface area (Å²) in [7, 11) is 0. The minimum atomic E-state index is -0.798. The van der Waals surface area contributed by atoms with Crippen molar-refractivity contribution in [1.82, 2.24) is 0 Å². The maximum absolute atomic E-state index is 11.3. The maximum Gasteiger partial charge on any atom is 0.306 e. The fraction of sp³-hybridized carbons (Fsp3) is 0. The molecule has 0 saturated carbocycles. The third-order valence-corrected chi connectivity index (χ3v) is 2.47. The van der Waals surface area contributed by atoms with Crippen molar-refractivity contribution in [2.24, 2.45) is 0 Å². The van der Waals surface area contributed by atoms with E-state index >= 15 is 0 Å². The molecule has 0 aliphatic carbocycles. The van der Waals surface area contributed by atoms with Gasteiger partial charge in [-0.3, -0.25) is 14.4 Å². The van der Waals surface area contributed by atoms with Crippen LogP contribution in [-0.2, 0) is 9.59 Å². The number of carbonyl (C=O) groups is 3. The number of nitrogens with zero attached hydrogens (tertiary/aromatic N) is 1. The number of fused-ring (bicyclic) bond motifs is 1. The van der Waals surface area contributed by atoms with Crippen LogP contribution in [0.2, 0.25) is 0 Å². The van der Waals surface area contributed by atoms with Crippen molar-refractivity contribution in [1.29, 1.82) is 0 Å². The van der Waals surface area contributed by atoms with Crippen molar-refractivity contribution in [3.63, 3.8) is 0 Å². The summed E-state index contributed by atoms with van der Waals surface area (Å²) in [5, 5.41) is 0. The Morgan fingerprint density at radius 1 is 1.29 bits per heavy atom. The standard InChI is InChI=1S/C9H4BrNO3/c10-5-1-2-7-6(3-5)8(13)9(14)11(7)4-12/h1-4H. The number of hydrogen-bond donors (Lipinski definition) is 0. The second-order valence-corrected chi connectivity index (χ2v) is 3.69. The van der Waals surface area contributed by atoms with Gasteiger partial charge in [-0.1, -0.05) is 15.9 Å². The smallest absolute Gasteiger partial charge is 0.283 e. The van der Waals surface area contributed by atoms with Gasteiger partial charge in [0.05, 0.1) is 11.3 Å². The van der Waals surface area contributed by atoms with Gasteiger partial charge in [-0.15, -0.1) is 0 Å². The minimum Gasteiger partial charge on any atom is -0.283 e. The van der Waals surface area contributed by atoms with E-state index in [0.717, 1.165) is 4.90 Å². The molecular weight excluding hydrogens is 250 g/mol. The summed E-state index contributed by atoms with van der Waals surface area (Å²) in [6.45, 7) is 0. The number of imide groups is 1. The summed E-state index contributed by atoms with van der Waals surface area (Å²) in [6, 6.07) is 4.75. The highest BCUT2D eigenvalue weighted by molar-refractivity contribution is 9.10. The molecule has 0 bridgehead atoms. The first-order valence-corrected chi connectivity index (χ1v) is 4.57. The lowest BCUT2D eigenvalue weighted by Crippen LogP contribution is -2.27. The van der Waals surface area contributed by atoms with Crippen LogP contribution < -0.4 is 4.90 Å². The van der Waals surface area contributed by atoms with Gasteiger partial charge in [0.1, 0.15) is 0 Å². The third kappa shape index (κ3) is 1.09. The molecule has 0 unspecified atom stereocenters. The van der Waals surface area contributed by atoms with E-state index < -0.39 is 11.7 Å². The van der Waals surface area contributed by atoms with E-state index in [-0.39, 0.29) is 5.56 Å². The number of halogens is 1. The van der Waals surface area contributed by atoms with Crippen LogP contribution in [0.1, 0.15) is 10.4 Å². The average molecular weight is 254 g/mol. The summed E-state index contributed by atoms with van der Waals surface area (Å²) in [5.41, 5.74) is 0.606. The predicted molar refractivity (Wildman–Crippen MR) is 52.0 cm³/mol. The number of Topliss-reactive ketones (excluding diaryl/α,β-unsaturated/α-hetero) is 1. The molecule has 1 aliphatic rings. The van der Waals surface area contributed by atoms with Gasteiger partial charge in [-0.25, -0.2) is 4.90 Å². The molecule has 14 heavy (non-hydrogen) atoms. The second-order valence-electron chi connectivity index (χ2n) is 2.77. The van der Waals surface area contributed by atoms with Crippen molar-refractivity contribution >= 4 is 39.7 Å². The topological polar surface area (TPSA) is 54.5 Å². The SMILES string of the molecule is O=CN1C(=O)C(=O)c2cc(Br)ccc21. The van der Waals surface area contributed by atoms with Gasteiger partial charge in [-0.2, -0.15) is 0 Å². The Kier molecular flexibility index (Phi) is 1.96. The molecule has 1 heterocycles. The Bertz CT molecular complexity index is 455. The van der Waals surface area contributed by atoms with Crippen LogP contribution in [0, 0.1) is 0 Å². The summed E-state index contributed by atoms with van der Waals surface area (Å²) < 4.78 is 0.699. The Morgan fingerprint density at radius 3 is 2.64 bits per heavy atom. The first-order valence-electron chi connectivity index (χ1n) is 3.78. The van der Waals surface area contributed by atoms with Crippen LogP contribution in [0.3, 0.4) is 0 Å². The van der Waals surface area contributed by atoms with Gasteiger partial charge >= 0.3 is 5.91 Å². The van der Waals surface area contributed by atoms with Crippen molar-refractivity contribution in [2.75, 3.05) is 4.90 Å². The van der Waals surface area contributed by atoms with Gasteiger partial charge in [0.25, 0.3) is 5.78 Å². The number of hydrogen-bond acceptors (Lipinski definition) is 3. The molecule has 2 amide bonds. The van der Waals surface area contributed by atoms with Crippen LogP contribution >= 0.6 is 15.9 Å². The van der Waals surface area contributed by atoms with Gasteiger partial charge in [-0.05, 0) is 18.2 Å². The highest BCUT2D eigenvalue weighted by atomic mass is 79.9. The molecule has 0 N–H and O–H groups in total. The lowest BCUT2D eigenvalue weighted by atomic mass is 10.1. The molecule has 1 aromatic carbocycles. The second kappa shape index (κ2) is 3.02. The van der Waals surface area contributed by atoms with E-state index in [9.17, 15) is 14.4 Å². The summed E-state index contributed by atoms with van der Waals surface area (Å²) in [6.07, 6.45) is 0.347. The van der Waals surface area contributed by atoms with Gasteiger partial charge in [0, 0.05) is 4.47 Å². The lowest BCUT2D eigenvalue weighted by molar-refractivity contribution is -0.118. The molecule has 0 spiro atoms. The number of rotatable bonds is 1. The molecule has 1 aromatic rings. The van der Waals surface area contributed by atoms with Crippen molar-refractivity contribution in [3.8, 4) is 0 Å². The molecule has 0 saturated heterocycles. The summed E-state index contributed by atoms with van der Waals surface area (Å²) >= 11 is 3.18. The summed E-state index contributed by atoms with van der Waals surface area (Å²) in [4.78, 5) is 33.9. The first kappa shape index (κ1) is 9.08. The zero-order valence-electron chi connectivity index (χ0n) is 6.86. The molecule has 1 aliphatic heterocycles. The number of carbonyl (C=O) groups excluding carboxylic acids is 3. The van der Waals surface area contributed by atoms with Crippen LogP contribution in [0.4, 0.5) is 5.69 Å². The van der Waals surface area contributed by atoms with E-state index in [1.807, 2.05) is 0 Å². The van der Waals surface area contributed by atoms with Crippen molar-refractivity contribution < 1.29 is 14.4 Å². The molecule has 0 aromatic heterocycles. The quantitative estimate of drug-likeness (QED) is 0.557. The zero-order chi connectivity index (χ0) is 10.3. The van der Waals surface area contributed by atoms with Crippen molar-refractivity contribution in [2.45, 2.75) is 0 Å². The number of amides is 2. The highest BCUT2D eigenvalue weighted by Crippen LogP contribution is 2.29. The van der Waals surface area contributed by atoms with Crippen molar-refractivity contribution in [3.05, 3.63) is 28.2 Å². The molecule has 5 heteroatoms. The van der Waals surface area contributed by atoms with E-state index in [1.165, 1.54) is 6.07 Å². The van der Waals surface area contributed by atoms with Gasteiger partial charge < -0.3 is 0 Å². The molecule has 0 atom stereocenters. The summed E-state index contributed by atoms with van der Waals surface area (Å²) in [5.74, 6) is -1.44. The monoisotopic (exact) mass is 253 g/mol. The normalized spacial score (nSPS) is 14.5. The van der Waals surface area contributed by atoms with Crippen LogP contribution in [0.15, 0.2) is 22.7 Å². The Balaban J connectivity index is 2.67. The first-order chi connectivity index (χ1) is 6.65. The van der Waals surface area contributed by atoms with E-state index in [2.05, 4.69) is 15.9 Å². The average Bonchev–Trinajstić information content (AvgIpc) is 2.41. The number of benzene rings is 1. The molecular formula is C9H4BrNO3. The van der Waals surface area contributed by atoms with E-state index in [0.29, 0.717) is 16.6 Å². The molecule has 0 fully saturated rings. The minimum absolute atomic E-state index is 0.261. The van der Waals surface area contributed by atoms with E-state index in [1.54, 1.807) is 12.1 Å². The fourth-order valence-electron chi connectivity index (χ4n) is 1.34. The molecule has 2 rings (SSSR count). The lowest BCUT2D eigenvalue weighted by Gasteiger charge is -2.05. The number of anilines is 1. The number of ketones is 1. The Hall–Kier alpha value is -1.49. The third-order valence-electron chi connectivity index (χ3n) is 1.98. The van der Waals surface area contributed by atoms with E-state index in [4.69, 9.17) is 0 Å².